The van der Waals surface area contributed by atoms with Gasteiger partial charge in [-0.25, -0.2) is 4.79 Å². The molecule has 2 atom stereocenters. The Labute approximate surface area is 221 Å². The highest BCUT2D eigenvalue weighted by Gasteiger charge is 2.42. The van der Waals surface area contributed by atoms with E-state index in [1.807, 2.05) is 76.2 Å². The molecule has 2 unspecified atom stereocenters. The number of carbonyl (C=O) groups excluding carboxylic acids is 3. The van der Waals surface area contributed by atoms with Gasteiger partial charge in [0.2, 0.25) is 5.91 Å². The van der Waals surface area contributed by atoms with Crippen molar-refractivity contribution in [1.82, 2.24) is 10.2 Å². The predicted molar refractivity (Wildman–Crippen MR) is 149 cm³/mol. The minimum Gasteiger partial charge on any atom is -0.444 e. The van der Waals surface area contributed by atoms with Crippen LogP contribution >= 0.6 is 0 Å². The lowest BCUT2D eigenvalue weighted by Crippen LogP contribution is -2.58. The molecule has 0 bridgehead atoms. The number of ether oxygens (including phenoxy) is 1. The van der Waals surface area contributed by atoms with Crippen molar-refractivity contribution in [3.8, 4) is 0 Å². The molecule has 0 radical (unpaired) electrons. The van der Waals surface area contributed by atoms with Crippen LogP contribution in [0.2, 0.25) is 0 Å². The monoisotopic (exact) mass is 507 g/mol. The van der Waals surface area contributed by atoms with Crippen LogP contribution in [0.1, 0.15) is 77.6 Å². The Balaban J connectivity index is 2.58. The molecule has 3 amide bonds. The number of anilines is 1. The predicted octanol–water partition coefficient (Wildman–Crippen LogP) is 6.25. The van der Waals surface area contributed by atoms with Gasteiger partial charge in [-0.1, -0.05) is 56.0 Å². The summed E-state index contributed by atoms with van der Waals surface area (Å²) in [6, 6.07) is 13.0. The molecule has 0 aromatic heterocycles. The minimum absolute atomic E-state index is 0.352. The second-order valence-corrected chi connectivity index (χ2v) is 10.8. The van der Waals surface area contributed by atoms with Gasteiger partial charge in [-0.2, -0.15) is 0 Å². The summed E-state index contributed by atoms with van der Waals surface area (Å²) < 4.78 is 5.35. The van der Waals surface area contributed by atoms with Crippen LogP contribution < -0.4 is 10.6 Å². The lowest BCUT2D eigenvalue weighted by Gasteiger charge is -2.44. The van der Waals surface area contributed by atoms with Crippen molar-refractivity contribution in [1.29, 1.82) is 0 Å². The van der Waals surface area contributed by atoms with E-state index in [1.54, 1.807) is 38.7 Å². The smallest absolute Gasteiger partial charge is 0.408 e. The second kappa shape index (κ2) is 12.1. The van der Waals surface area contributed by atoms with E-state index in [1.165, 1.54) is 0 Å². The molecule has 0 heterocycles. The van der Waals surface area contributed by atoms with Gasteiger partial charge in [0.05, 0.1) is 0 Å². The summed E-state index contributed by atoms with van der Waals surface area (Å²) in [5.74, 6) is -0.749. The number of aryl methyl sites for hydroxylation is 1. The average molecular weight is 508 g/mol. The fourth-order valence-corrected chi connectivity index (χ4v) is 3.89. The highest BCUT2D eigenvalue weighted by molar-refractivity contribution is 5.99. The number of carbonyl (C=O) groups is 3. The Morgan fingerprint density at radius 1 is 1.05 bits per heavy atom. The van der Waals surface area contributed by atoms with Gasteiger partial charge in [0, 0.05) is 11.2 Å². The van der Waals surface area contributed by atoms with E-state index in [2.05, 4.69) is 17.2 Å². The van der Waals surface area contributed by atoms with Crippen molar-refractivity contribution < 1.29 is 19.1 Å². The van der Waals surface area contributed by atoms with Crippen LogP contribution in [0, 0.1) is 6.92 Å². The van der Waals surface area contributed by atoms with Gasteiger partial charge >= 0.3 is 6.09 Å². The summed E-state index contributed by atoms with van der Waals surface area (Å²) in [5, 5.41) is 5.66. The number of nitrogens with one attached hydrogen (secondary N) is 2. The van der Waals surface area contributed by atoms with Gasteiger partial charge in [0.15, 0.2) is 0 Å². The van der Waals surface area contributed by atoms with E-state index < -0.39 is 35.2 Å². The standard InChI is InChI=1S/C30H41N3O4/c1-10-22-16-14-17-23(19-22)25(26(34)32-24-18-13-12-15-20(24)3)33(30(8,9)11-2)27(35)21(4)31-28(36)37-29(5,6)7/h10,12-19,21,25H,1,11H2,2-9H3,(H,31,36)(H,32,34). The third-order valence-corrected chi connectivity index (χ3v) is 6.23. The van der Waals surface area contributed by atoms with E-state index in [-0.39, 0.29) is 5.91 Å². The normalized spacial score (nSPS) is 13.2. The zero-order valence-electron chi connectivity index (χ0n) is 23.3. The van der Waals surface area contributed by atoms with Gasteiger partial charge in [0.25, 0.3) is 5.91 Å². The fourth-order valence-electron chi connectivity index (χ4n) is 3.89. The van der Waals surface area contributed by atoms with E-state index in [0.29, 0.717) is 17.7 Å². The Morgan fingerprint density at radius 3 is 2.27 bits per heavy atom. The lowest BCUT2D eigenvalue weighted by atomic mass is 9.91. The molecular formula is C30H41N3O4. The molecule has 0 spiro atoms. The average Bonchev–Trinajstić information content (AvgIpc) is 2.81. The second-order valence-electron chi connectivity index (χ2n) is 10.8. The quantitative estimate of drug-likeness (QED) is 0.420. The van der Waals surface area contributed by atoms with Crippen LogP contribution in [0.3, 0.4) is 0 Å². The number of nitrogens with zero attached hydrogens (tertiary/aromatic N) is 1. The van der Waals surface area contributed by atoms with Gasteiger partial charge in [0.1, 0.15) is 17.7 Å². The van der Waals surface area contributed by atoms with Gasteiger partial charge in [-0.15, -0.1) is 0 Å². The van der Waals surface area contributed by atoms with E-state index in [4.69, 9.17) is 4.74 Å². The molecule has 2 N–H and O–H groups in total. The van der Waals surface area contributed by atoms with Crippen molar-refractivity contribution in [2.24, 2.45) is 0 Å². The van der Waals surface area contributed by atoms with Crippen LogP contribution in [-0.2, 0) is 14.3 Å². The fraction of sp³-hybridized carbons (Fsp3) is 0.433. The Morgan fingerprint density at radius 2 is 1.70 bits per heavy atom. The number of alkyl carbamates (subject to hydrolysis) is 1. The summed E-state index contributed by atoms with van der Waals surface area (Å²) in [4.78, 5) is 42.0. The van der Waals surface area contributed by atoms with Gasteiger partial charge in [-0.3, -0.25) is 9.59 Å². The number of hydrogen-bond donors (Lipinski definition) is 2. The highest BCUT2D eigenvalue weighted by atomic mass is 16.6. The molecular weight excluding hydrogens is 466 g/mol. The number of para-hydroxylation sites is 1. The molecule has 0 saturated heterocycles. The first-order valence-corrected chi connectivity index (χ1v) is 12.6. The Bertz CT molecular complexity index is 1130. The molecule has 2 rings (SSSR count). The minimum atomic E-state index is -0.968. The van der Waals surface area contributed by atoms with E-state index >= 15 is 0 Å². The zero-order chi connectivity index (χ0) is 28.0. The number of benzene rings is 2. The number of rotatable bonds is 9. The third-order valence-electron chi connectivity index (χ3n) is 6.23. The maximum Gasteiger partial charge on any atom is 0.408 e. The maximum atomic E-state index is 14.0. The largest absolute Gasteiger partial charge is 0.444 e. The molecule has 7 heteroatoms. The molecule has 2 aromatic rings. The molecule has 0 aliphatic rings. The first kappa shape index (κ1) is 29.6. The van der Waals surface area contributed by atoms with Crippen molar-refractivity contribution in [2.75, 3.05) is 5.32 Å². The van der Waals surface area contributed by atoms with Crippen molar-refractivity contribution in [2.45, 2.75) is 85.0 Å². The van der Waals surface area contributed by atoms with Crippen LogP contribution in [-0.4, -0.2) is 40.0 Å². The number of hydrogen-bond acceptors (Lipinski definition) is 4. The zero-order valence-corrected chi connectivity index (χ0v) is 23.3. The molecule has 0 saturated carbocycles. The topological polar surface area (TPSA) is 87.7 Å². The van der Waals surface area contributed by atoms with Crippen molar-refractivity contribution in [3.05, 3.63) is 71.8 Å². The Hall–Kier alpha value is -3.61. The molecule has 0 fully saturated rings. The summed E-state index contributed by atoms with van der Waals surface area (Å²) >= 11 is 0. The first-order chi connectivity index (χ1) is 17.2. The first-order valence-electron chi connectivity index (χ1n) is 12.6. The van der Waals surface area contributed by atoms with Crippen LogP contribution in [0.15, 0.2) is 55.1 Å². The Kier molecular flexibility index (Phi) is 9.67. The van der Waals surface area contributed by atoms with Crippen LogP contribution in [0.5, 0.6) is 0 Å². The van der Waals surface area contributed by atoms with Gasteiger partial charge in [-0.05, 0) is 83.7 Å². The highest BCUT2D eigenvalue weighted by Crippen LogP contribution is 2.33. The van der Waals surface area contributed by atoms with Gasteiger partial charge < -0.3 is 20.3 Å². The molecule has 2 aromatic carbocycles. The number of amides is 3. The molecule has 200 valence electrons. The summed E-state index contributed by atoms with van der Waals surface area (Å²) in [6.45, 7) is 18.4. The lowest BCUT2D eigenvalue weighted by molar-refractivity contribution is -0.147. The molecule has 7 nitrogen and oxygen atoms in total. The summed E-state index contributed by atoms with van der Waals surface area (Å²) in [7, 11) is 0. The van der Waals surface area contributed by atoms with Crippen molar-refractivity contribution in [3.63, 3.8) is 0 Å². The molecule has 0 aliphatic heterocycles. The van der Waals surface area contributed by atoms with Crippen LogP contribution in [0.4, 0.5) is 10.5 Å². The van der Waals surface area contributed by atoms with E-state index in [9.17, 15) is 14.4 Å². The SMILES string of the molecule is C=Cc1cccc(C(C(=O)Nc2ccccc2C)N(C(=O)C(C)NC(=O)OC(C)(C)C)C(C)(C)CC)c1. The van der Waals surface area contributed by atoms with Crippen LogP contribution in [0.25, 0.3) is 6.08 Å². The molecule has 37 heavy (non-hydrogen) atoms. The molecule has 0 aliphatic carbocycles. The maximum absolute atomic E-state index is 14.0. The van der Waals surface area contributed by atoms with E-state index in [0.717, 1.165) is 11.1 Å². The summed E-state index contributed by atoms with van der Waals surface area (Å²) in [5.41, 5.74) is 1.60. The van der Waals surface area contributed by atoms with Crippen molar-refractivity contribution >= 4 is 29.7 Å². The third kappa shape index (κ3) is 7.94. The summed E-state index contributed by atoms with van der Waals surface area (Å²) in [6.07, 6.45) is 1.58.